The van der Waals surface area contributed by atoms with Crippen LogP contribution in [0.4, 0.5) is 0 Å². The van der Waals surface area contributed by atoms with Crippen molar-refractivity contribution in [2.75, 3.05) is 6.61 Å². The Hall–Kier alpha value is -2.25. The molecule has 2 rings (SSSR count). The first-order valence-corrected chi connectivity index (χ1v) is 9.27. The van der Waals surface area contributed by atoms with Gasteiger partial charge in [-0.05, 0) is 30.8 Å². The fourth-order valence-corrected chi connectivity index (χ4v) is 3.01. The molecule has 0 saturated carbocycles. The summed E-state index contributed by atoms with van der Waals surface area (Å²) in [6.45, 7) is 2.40. The molecule has 0 spiro atoms. The summed E-state index contributed by atoms with van der Waals surface area (Å²) in [5.74, 6) is 0.126. The summed E-state index contributed by atoms with van der Waals surface area (Å²) in [7, 11) is -3.86. The second-order valence-electron chi connectivity index (χ2n) is 4.85. The van der Waals surface area contributed by atoms with Crippen LogP contribution in [0.15, 0.2) is 70.0 Å². The van der Waals surface area contributed by atoms with E-state index in [2.05, 4.69) is 9.71 Å². The van der Waals surface area contributed by atoms with Gasteiger partial charge in [0.05, 0.1) is 11.5 Å². The van der Waals surface area contributed by atoms with Gasteiger partial charge in [-0.2, -0.15) is 8.42 Å². The van der Waals surface area contributed by atoms with Crippen molar-refractivity contribution in [1.29, 1.82) is 0 Å². The second-order valence-corrected chi connectivity index (χ2v) is 6.83. The molecule has 0 aliphatic rings. The molecular formula is C17H18N2O3S2. The van der Waals surface area contributed by atoms with Crippen LogP contribution in [0, 0.1) is 0 Å². The SMILES string of the molecule is CCCOC(=S)NC(=NS(=O)(=O)c1ccccc1)c1ccccc1. The number of sulfonamides is 1. The minimum Gasteiger partial charge on any atom is -0.471 e. The Bertz CT molecular complexity index is 804. The van der Waals surface area contributed by atoms with Gasteiger partial charge >= 0.3 is 0 Å². The Kier molecular flexibility index (Phi) is 6.45. The van der Waals surface area contributed by atoms with Crippen molar-refractivity contribution in [2.24, 2.45) is 4.40 Å². The van der Waals surface area contributed by atoms with Crippen molar-refractivity contribution < 1.29 is 13.2 Å². The van der Waals surface area contributed by atoms with Crippen LogP contribution in [-0.2, 0) is 14.8 Å². The Morgan fingerprint density at radius 1 is 1.08 bits per heavy atom. The third kappa shape index (κ3) is 5.14. The molecule has 0 fully saturated rings. The summed E-state index contributed by atoms with van der Waals surface area (Å²) in [6, 6.07) is 16.9. The first kappa shape index (κ1) is 18.1. The molecule has 0 atom stereocenters. The number of thiocarbonyl (C=S) groups is 1. The van der Waals surface area contributed by atoms with Gasteiger partial charge in [-0.3, -0.25) is 0 Å². The summed E-state index contributed by atoms with van der Waals surface area (Å²) >= 11 is 5.09. The largest absolute Gasteiger partial charge is 0.471 e. The van der Waals surface area contributed by atoms with Gasteiger partial charge in [-0.1, -0.05) is 55.5 Å². The maximum absolute atomic E-state index is 12.5. The average Bonchev–Trinajstić information content (AvgIpc) is 2.61. The third-order valence-electron chi connectivity index (χ3n) is 2.96. The van der Waals surface area contributed by atoms with Crippen LogP contribution in [0.25, 0.3) is 0 Å². The van der Waals surface area contributed by atoms with Crippen LogP contribution in [0.3, 0.4) is 0 Å². The molecule has 2 aromatic carbocycles. The van der Waals surface area contributed by atoms with E-state index in [1.165, 1.54) is 12.1 Å². The van der Waals surface area contributed by atoms with Gasteiger partial charge in [0, 0.05) is 5.56 Å². The van der Waals surface area contributed by atoms with Crippen LogP contribution in [0.1, 0.15) is 18.9 Å². The quantitative estimate of drug-likeness (QED) is 0.503. The van der Waals surface area contributed by atoms with Gasteiger partial charge in [0.1, 0.15) is 0 Å². The molecule has 5 nitrogen and oxygen atoms in total. The molecule has 0 amide bonds. The molecule has 0 heterocycles. The third-order valence-corrected chi connectivity index (χ3v) is 4.47. The van der Waals surface area contributed by atoms with E-state index in [1.54, 1.807) is 42.5 Å². The van der Waals surface area contributed by atoms with E-state index in [0.717, 1.165) is 6.42 Å². The van der Waals surface area contributed by atoms with Crippen LogP contribution in [0.5, 0.6) is 0 Å². The van der Waals surface area contributed by atoms with Gasteiger partial charge in [0.15, 0.2) is 5.84 Å². The van der Waals surface area contributed by atoms with Crippen molar-refractivity contribution in [3.63, 3.8) is 0 Å². The monoisotopic (exact) mass is 362 g/mol. The van der Waals surface area contributed by atoms with Gasteiger partial charge in [-0.15, -0.1) is 4.40 Å². The highest BCUT2D eigenvalue weighted by Gasteiger charge is 2.16. The van der Waals surface area contributed by atoms with E-state index < -0.39 is 10.0 Å². The predicted octanol–water partition coefficient (Wildman–Crippen LogP) is 3.12. The fourth-order valence-electron chi connectivity index (χ4n) is 1.84. The summed E-state index contributed by atoms with van der Waals surface area (Å²) in [5.41, 5.74) is 0.597. The van der Waals surface area contributed by atoms with Crippen molar-refractivity contribution >= 4 is 33.3 Å². The zero-order valence-electron chi connectivity index (χ0n) is 13.2. The molecule has 0 bridgehead atoms. The predicted molar refractivity (Wildman–Crippen MR) is 98.6 cm³/mol. The smallest absolute Gasteiger partial charge is 0.284 e. The molecule has 2 aromatic rings. The number of nitrogens with one attached hydrogen (secondary N) is 1. The minimum atomic E-state index is -3.86. The molecule has 0 saturated heterocycles. The highest BCUT2D eigenvalue weighted by molar-refractivity contribution is 7.90. The summed E-state index contributed by atoms with van der Waals surface area (Å²) in [4.78, 5) is 0.112. The number of ether oxygens (including phenoxy) is 1. The first-order chi connectivity index (χ1) is 11.5. The number of benzene rings is 2. The van der Waals surface area contributed by atoms with Crippen molar-refractivity contribution in [3.8, 4) is 0 Å². The molecular weight excluding hydrogens is 344 g/mol. The number of hydrogen-bond acceptors (Lipinski definition) is 4. The lowest BCUT2D eigenvalue weighted by molar-refractivity contribution is 0.304. The topological polar surface area (TPSA) is 67.8 Å². The molecule has 0 unspecified atom stereocenters. The van der Waals surface area contributed by atoms with Crippen LogP contribution >= 0.6 is 12.2 Å². The van der Waals surface area contributed by atoms with Crippen molar-refractivity contribution in [3.05, 3.63) is 66.2 Å². The second kappa shape index (κ2) is 8.56. The van der Waals surface area contributed by atoms with E-state index in [0.29, 0.717) is 12.2 Å². The number of rotatable bonds is 5. The molecule has 0 aliphatic heterocycles. The highest BCUT2D eigenvalue weighted by Crippen LogP contribution is 2.13. The maximum Gasteiger partial charge on any atom is 0.284 e. The zero-order chi connectivity index (χ0) is 17.4. The minimum absolute atomic E-state index is 0.0858. The Balaban J connectivity index is 2.37. The summed E-state index contributed by atoms with van der Waals surface area (Å²) in [6.07, 6.45) is 0.794. The van der Waals surface area contributed by atoms with Gasteiger partial charge in [0.25, 0.3) is 15.2 Å². The van der Waals surface area contributed by atoms with Crippen LogP contribution in [0.2, 0.25) is 0 Å². The maximum atomic E-state index is 12.5. The molecule has 0 aliphatic carbocycles. The Labute approximate surface area is 147 Å². The lowest BCUT2D eigenvalue weighted by atomic mass is 10.2. The molecule has 1 N–H and O–H groups in total. The first-order valence-electron chi connectivity index (χ1n) is 7.42. The fraction of sp³-hybridized carbons (Fsp3) is 0.176. The number of hydrogen-bond donors (Lipinski definition) is 1. The number of nitrogens with zero attached hydrogens (tertiary/aromatic N) is 1. The number of amidine groups is 1. The lowest BCUT2D eigenvalue weighted by Gasteiger charge is -2.12. The van der Waals surface area contributed by atoms with E-state index >= 15 is 0 Å². The molecule has 7 heteroatoms. The molecule has 126 valence electrons. The Morgan fingerprint density at radius 3 is 2.25 bits per heavy atom. The summed E-state index contributed by atoms with van der Waals surface area (Å²) in [5, 5.41) is 2.86. The van der Waals surface area contributed by atoms with E-state index in [1.807, 2.05) is 13.0 Å². The zero-order valence-corrected chi connectivity index (χ0v) is 14.8. The molecule has 0 aromatic heterocycles. The van der Waals surface area contributed by atoms with Gasteiger partial charge < -0.3 is 10.1 Å². The summed E-state index contributed by atoms with van der Waals surface area (Å²) < 4.78 is 34.2. The van der Waals surface area contributed by atoms with E-state index in [-0.39, 0.29) is 15.9 Å². The Morgan fingerprint density at radius 2 is 1.67 bits per heavy atom. The highest BCUT2D eigenvalue weighted by atomic mass is 32.2. The lowest BCUT2D eigenvalue weighted by Crippen LogP contribution is -2.32. The van der Waals surface area contributed by atoms with E-state index in [9.17, 15) is 8.42 Å². The van der Waals surface area contributed by atoms with Gasteiger partial charge in [0.2, 0.25) is 0 Å². The van der Waals surface area contributed by atoms with Crippen molar-refractivity contribution in [2.45, 2.75) is 18.2 Å². The normalized spacial score (nSPS) is 11.8. The average molecular weight is 362 g/mol. The standard InChI is InChI=1S/C17H18N2O3S2/c1-2-13-22-17(23)18-16(14-9-5-3-6-10-14)19-24(20,21)15-11-7-4-8-12-15/h3-12H,2,13H2,1H3,(H,18,19,23). The van der Waals surface area contributed by atoms with Crippen LogP contribution < -0.4 is 5.32 Å². The molecule has 0 radical (unpaired) electrons. The van der Waals surface area contributed by atoms with Gasteiger partial charge in [-0.25, -0.2) is 0 Å². The van der Waals surface area contributed by atoms with Crippen molar-refractivity contribution in [1.82, 2.24) is 5.32 Å². The van der Waals surface area contributed by atoms with E-state index in [4.69, 9.17) is 17.0 Å². The molecule has 24 heavy (non-hydrogen) atoms. The van der Waals surface area contributed by atoms with Crippen LogP contribution in [-0.4, -0.2) is 26.0 Å².